The Labute approximate surface area is 156 Å². The Morgan fingerprint density at radius 1 is 0.792 bits per heavy atom. The molecule has 0 saturated heterocycles. The first kappa shape index (κ1) is 19.5. The SMILES string of the molecule is CC[Si](CC)(CC)N=S(=O)(c1ccc(Cl)cc1)c1ccc(Cl)cc1. The van der Waals surface area contributed by atoms with Crippen molar-refractivity contribution in [2.24, 2.45) is 4.03 Å². The minimum atomic E-state index is -2.70. The fourth-order valence-electron chi connectivity index (χ4n) is 2.70. The van der Waals surface area contributed by atoms with Crippen molar-refractivity contribution in [3.05, 3.63) is 58.6 Å². The van der Waals surface area contributed by atoms with Crippen molar-refractivity contribution in [1.82, 2.24) is 0 Å². The molecule has 2 nitrogen and oxygen atoms in total. The second-order valence-corrected chi connectivity index (χ2v) is 14.0. The number of benzene rings is 2. The van der Waals surface area contributed by atoms with Crippen LogP contribution in [0.3, 0.4) is 0 Å². The second kappa shape index (κ2) is 8.04. The van der Waals surface area contributed by atoms with Crippen molar-refractivity contribution < 1.29 is 4.21 Å². The molecular formula is C18H23Cl2NOSSi. The second-order valence-electron chi connectivity index (χ2n) is 5.81. The van der Waals surface area contributed by atoms with E-state index in [1.807, 2.05) is 24.3 Å². The zero-order chi connectivity index (χ0) is 17.8. The summed E-state index contributed by atoms with van der Waals surface area (Å²) in [4.78, 5) is 1.42. The van der Waals surface area contributed by atoms with Gasteiger partial charge in [-0.3, -0.25) is 4.03 Å². The summed E-state index contributed by atoms with van der Waals surface area (Å²) in [5.41, 5.74) is 0. The highest BCUT2D eigenvalue weighted by atomic mass is 35.5. The van der Waals surface area contributed by atoms with E-state index < -0.39 is 18.0 Å². The monoisotopic (exact) mass is 399 g/mol. The molecule has 0 atom stereocenters. The molecule has 0 aromatic heterocycles. The predicted octanol–water partition coefficient (Wildman–Crippen LogP) is 6.88. The van der Waals surface area contributed by atoms with Gasteiger partial charge in [-0.05, 0) is 66.7 Å². The van der Waals surface area contributed by atoms with Gasteiger partial charge in [0.25, 0.3) is 0 Å². The first-order valence-corrected chi connectivity index (χ1v) is 13.0. The summed E-state index contributed by atoms with van der Waals surface area (Å²) >= 11 is 12.0. The average molecular weight is 400 g/mol. The quantitative estimate of drug-likeness (QED) is 0.486. The summed E-state index contributed by atoms with van der Waals surface area (Å²) in [5.74, 6) is 0. The van der Waals surface area contributed by atoms with Gasteiger partial charge in [0.2, 0.25) is 0 Å². The van der Waals surface area contributed by atoms with Crippen LogP contribution in [-0.4, -0.2) is 12.4 Å². The maximum Gasteiger partial charge on any atom is 0.193 e. The molecule has 0 bridgehead atoms. The van der Waals surface area contributed by atoms with Gasteiger partial charge in [-0.25, -0.2) is 4.21 Å². The summed E-state index contributed by atoms with van der Waals surface area (Å²) in [5, 5.41) is 1.25. The van der Waals surface area contributed by atoms with Crippen LogP contribution in [0, 0.1) is 0 Å². The van der Waals surface area contributed by atoms with Crippen LogP contribution in [0.5, 0.6) is 0 Å². The summed E-state index contributed by atoms with van der Waals surface area (Å²) < 4.78 is 19.2. The molecule has 0 radical (unpaired) electrons. The highest BCUT2D eigenvalue weighted by Crippen LogP contribution is 2.32. The minimum absolute atomic E-state index is 0.626. The topological polar surface area (TPSA) is 29.4 Å². The number of hydrogen-bond donors (Lipinski definition) is 0. The van der Waals surface area contributed by atoms with Gasteiger partial charge in [0.1, 0.15) is 0 Å². The lowest BCUT2D eigenvalue weighted by Gasteiger charge is -2.25. The smallest absolute Gasteiger partial charge is 0.193 e. The third kappa shape index (κ3) is 4.05. The molecule has 0 N–H and O–H groups in total. The molecule has 0 spiro atoms. The molecule has 24 heavy (non-hydrogen) atoms. The highest BCUT2D eigenvalue weighted by molar-refractivity contribution is 7.94. The Bertz CT molecular complexity index is 733. The molecule has 0 aliphatic heterocycles. The van der Waals surface area contributed by atoms with E-state index in [0.717, 1.165) is 18.1 Å². The summed E-state index contributed by atoms with van der Waals surface area (Å²) in [6, 6.07) is 17.3. The molecule has 2 aromatic carbocycles. The first-order valence-electron chi connectivity index (χ1n) is 8.18. The van der Waals surface area contributed by atoms with Crippen molar-refractivity contribution in [2.75, 3.05) is 0 Å². The number of halogens is 2. The molecular weight excluding hydrogens is 377 g/mol. The van der Waals surface area contributed by atoms with Crippen molar-refractivity contribution in [1.29, 1.82) is 0 Å². The van der Waals surface area contributed by atoms with E-state index in [-0.39, 0.29) is 0 Å². The van der Waals surface area contributed by atoms with E-state index in [4.69, 9.17) is 27.2 Å². The van der Waals surface area contributed by atoms with Crippen LogP contribution >= 0.6 is 23.2 Å². The van der Waals surface area contributed by atoms with Crippen LogP contribution in [0.1, 0.15) is 20.8 Å². The van der Waals surface area contributed by atoms with Crippen LogP contribution in [-0.2, 0) is 9.73 Å². The normalized spacial score (nSPS) is 12.2. The molecule has 130 valence electrons. The molecule has 2 rings (SSSR count). The fraction of sp³-hybridized carbons (Fsp3) is 0.333. The highest BCUT2D eigenvalue weighted by Gasteiger charge is 2.31. The van der Waals surface area contributed by atoms with Gasteiger partial charge < -0.3 is 0 Å². The lowest BCUT2D eigenvalue weighted by atomic mass is 10.4. The minimum Gasteiger partial charge on any atom is -0.269 e. The number of nitrogens with zero attached hydrogens (tertiary/aromatic N) is 1. The maximum atomic E-state index is 14.1. The zero-order valence-electron chi connectivity index (χ0n) is 14.3. The zero-order valence-corrected chi connectivity index (χ0v) is 17.6. The maximum absolute atomic E-state index is 14.1. The van der Waals surface area contributed by atoms with E-state index in [9.17, 15) is 4.21 Å². The van der Waals surface area contributed by atoms with Crippen molar-refractivity contribution in [2.45, 2.75) is 48.7 Å². The Hall–Kier alpha value is -0.813. The van der Waals surface area contributed by atoms with E-state index in [2.05, 4.69) is 20.8 Å². The van der Waals surface area contributed by atoms with Gasteiger partial charge in [-0.2, -0.15) is 0 Å². The van der Waals surface area contributed by atoms with Gasteiger partial charge in [-0.15, -0.1) is 0 Å². The van der Waals surface area contributed by atoms with Crippen molar-refractivity contribution >= 4 is 41.2 Å². The van der Waals surface area contributed by atoms with Gasteiger partial charge in [0.15, 0.2) is 8.24 Å². The van der Waals surface area contributed by atoms with E-state index in [1.54, 1.807) is 24.3 Å². The van der Waals surface area contributed by atoms with Crippen LogP contribution in [0.4, 0.5) is 0 Å². The average Bonchev–Trinajstić information content (AvgIpc) is 2.61. The third-order valence-corrected chi connectivity index (χ3v) is 13.4. The van der Waals surface area contributed by atoms with Crippen molar-refractivity contribution in [3.8, 4) is 0 Å². The van der Waals surface area contributed by atoms with Crippen LogP contribution in [0.2, 0.25) is 28.2 Å². The lowest BCUT2D eigenvalue weighted by molar-refractivity contribution is 0.677. The standard InChI is InChI=1S/C18H23Cl2NOSSi/c1-4-24(5-2,6-3)21-23(22,17-11-7-15(19)8-12-17)18-13-9-16(20)10-14-18/h7-14H,4-6H2,1-3H3. The van der Waals surface area contributed by atoms with Crippen molar-refractivity contribution in [3.63, 3.8) is 0 Å². The van der Waals surface area contributed by atoms with Gasteiger partial charge >= 0.3 is 0 Å². The summed E-state index contributed by atoms with van der Waals surface area (Å²) in [6.07, 6.45) is 0. The Kier molecular flexibility index (Phi) is 6.54. The number of rotatable bonds is 6. The van der Waals surface area contributed by atoms with E-state index in [0.29, 0.717) is 19.8 Å². The van der Waals surface area contributed by atoms with E-state index in [1.165, 1.54) is 0 Å². The third-order valence-electron chi connectivity index (χ3n) is 4.56. The van der Waals surface area contributed by atoms with Gasteiger partial charge in [0.05, 0.1) is 19.5 Å². The van der Waals surface area contributed by atoms with Crippen LogP contribution < -0.4 is 0 Å². The molecule has 0 aliphatic carbocycles. The largest absolute Gasteiger partial charge is 0.269 e. The molecule has 0 heterocycles. The first-order chi connectivity index (χ1) is 11.4. The molecule has 0 saturated carbocycles. The van der Waals surface area contributed by atoms with Gasteiger partial charge in [0, 0.05) is 10.0 Å². The van der Waals surface area contributed by atoms with E-state index >= 15 is 0 Å². The lowest BCUT2D eigenvalue weighted by Crippen LogP contribution is -2.30. The molecule has 6 heteroatoms. The predicted molar refractivity (Wildman–Crippen MR) is 107 cm³/mol. The molecule has 0 amide bonds. The molecule has 0 fully saturated rings. The Balaban J connectivity index is 2.76. The van der Waals surface area contributed by atoms with Crippen LogP contribution in [0.15, 0.2) is 62.4 Å². The summed E-state index contributed by atoms with van der Waals surface area (Å²) in [7, 11) is -4.67. The molecule has 2 aromatic rings. The Morgan fingerprint density at radius 3 is 1.42 bits per heavy atom. The van der Waals surface area contributed by atoms with Crippen LogP contribution in [0.25, 0.3) is 0 Å². The van der Waals surface area contributed by atoms with Gasteiger partial charge in [-0.1, -0.05) is 44.0 Å². The summed E-state index contributed by atoms with van der Waals surface area (Å²) in [6.45, 7) is 6.48. The Morgan fingerprint density at radius 2 is 1.12 bits per heavy atom. The molecule has 0 aliphatic rings. The molecule has 0 unspecified atom stereocenters. The number of hydrogen-bond acceptors (Lipinski definition) is 2. The fourth-order valence-corrected chi connectivity index (χ4v) is 10.3.